The predicted octanol–water partition coefficient (Wildman–Crippen LogP) is 11.5. The van der Waals surface area contributed by atoms with E-state index in [9.17, 15) is 29.0 Å². The quantitative estimate of drug-likeness (QED) is 0.0406. The first-order valence-electron chi connectivity index (χ1n) is 35.4. The van der Waals surface area contributed by atoms with Gasteiger partial charge in [0.2, 0.25) is 5.89 Å². The second kappa shape index (κ2) is 34.1. The van der Waals surface area contributed by atoms with Gasteiger partial charge in [0.15, 0.2) is 11.6 Å². The van der Waals surface area contributed by atoms with Crippen molar-refractivity contribution in [3.8, 4) is 86.9 Å². The van der Waals surface area contributed by atoms with Crippen molar-refractivity contribution >= 4 is 67.0 Å². The summed E-state index contributed by atoms with van der Waals surface area (Å²) in [7, 11) is 0. The highest BCUT2D eigenvalue weighted by Crippen LogP contribution is 2.38. The van der Waals surface area contributed by atoms with E-state index in [1.165, 1.54) is 22.9 Å². The van der Waals surface area contributed by atoms with Crippen LogP contribution in [0, 0.1) is 62.1 Å². The van der Waals surface area contributed by atoms with E-state index in [0.29, 0.717) is 126 Å². The second-order valence-electron chi connectivity index (χ2n) is 25.4. The zero-order valence-corrected chi connectivity index (χ0v) is 61.7. The van der Waals surface area contributed by atoms with Crippen LogP contribution in [0.4, 0.5) is 38.9 Å². The Morgan fingerprint density at radius 3 is 1.39 bits per heavy atom. The highest BCUT2D eigenvalue weighted by Gasteiger charge is 2.28. The molecule has 0 fully saturated rings. The lowest BCUT2D eigenvalue weighted by atomic mass is 10.0. The molecule has 29 heteroatoms. The highest BCUT2D eigenvalue weighted by atomic mass is 19.1. The van der Waals surface area contributed by atoms with Crippen LogP contribution in [0.15, 0.2) is 216 Å². The van der Waals surface area contributed by atoms with Crippen molar-refractivity contribution in [3.63, 3.8) is 0 Å². The lowest BCUT2D eigenvalue weighted by molar-refractivity contribution is 0.350. The van der Waals surface area contributed by atoms with Crippen LogP contribution >= 0.6 is 0 Å². The Morgan fingerprint density at radius 1 is 0.487 bits per heavy atom. The Balaban J connectivity index is 0.000000148. The number of aliphatic hydroxyl groups is 3. The van der Waals surface area contributed by atoms with E-state index in [0.717, 1.165) is 16.5 Å². The molecule has 0 bridgehead atoms. The molecule has 0 saturated carbocycles. The topological polar surface area (TPSA) is 409 Å². The van der Waals surface area contributed by atoms with Gasteiger partial charge in [-0.05, 0) is 136 Å². The summed E-state index contributed by atoms with van der Waals surface area (Å²) in [5.41, 5.74) is 25.1. The van der Waals surface area contributed by atoms with E-state index in [4.69, 9.17) is 40.8 Å². The maximum absolute atomic E-state index is 14.7. The minimum atomic E-state index is -0.681. The summed E-state index contributed by atoms with van der Waals surface area (Å²) in [6.07, 6.45) is 5.35. The molecule has 12 N–H and O–H groups in total. The average molecular weight is 1510 g/mol. The van der Waals surface area contributed by atoms with Crippen molar-refractivity contribution in [1.29, 1.82) is 0 Å². The van der Waals surface area contributed by atoms with Crippen molar-refractivity contribution in [2.24, 2.45) is 0 Å². The third-order valence-electron chi connectivity index (χ3n) is 17.9. The molecule has 9 aromatic heterocycles. The number of nitrogens with one attached hydrogen (secondary N) is 3. The van der Waals surface area contributed by atoms with E-state index >= 15 is 0 Å². The number of hydrogen-bond acceptors (Lipinski definition) is 25. The molecule has 3 atom stereocenters. The Labute approximate surface area is 643 Å². The van der Waals surface area contributed by atoms with Crippen molar-refractivity contribution < 1.29 is 33.2 Å². The number of halogens is 1. The molecule has 0 unspecified atom stereocenters. The van der Waals surface area contributed by atoms with Gasteiger partial charge in [0, 0.05) is 76.5 Å². The SMILES string of the molecule is CC[C@H](Nc1nccc(N)c1-c1nc(C)no1)c1cc2cccc(C#CCO)c2c(=O)n1-c1ccccc1.Cc1nnc(-c2c(N)ccnc2N[C@@H](C)c2cc3cccc(C#CCO)c3c(=O)n2-c2ccccc2)o1.Cc1noc(-c2c(N)ccnc2N[C@@H](C)c2nc3ccc(F)c(C#CCO)c3c(=O)n2-c2ccccc2)n1. The number of nitrogens with two attached hydrogens (primary N) is 3. The smallest absolute Gasteiger partial charge is 0.267 e. The minimum Gasteiger partial charge on any atom is -0.421 e. The molecule has 15 rings (SSSR count). The lowest BCUT2D eigenvalue weighted by Crippen LogP contribution is -2.28. The number of rotatable bonds is 16. The number of pyridine rings is 5. The molecule has 0 radical (unpaired) electrons. The van der Waals surface area contributed by atoms with Crippen LogP contribution in [-0.4, -0.2) is 99.3 Å². The van der Waals surface area contributed by atoms with Gasteiger partial charge in [0.05, 0.1) is 51.1 Å². The maximum Gasteiger partial charge on any atom is 0.267 e. The summed E-state index contributed by atoms with van der Waals surface area (Å²) in [6.45, 7) is 9.81. The van der Waals surface area contributed by atoms with Crippen LogP contribution < -0.4 is 49.8 Å². The number of aliphatic hydroxyl groups excluding tert-OH is 3. The molecular weight excluding hydrogens is 1440 g/mol. The van der Waals surface area contributed by atoms with Crippen molar-refractivity contribution in [2.75, 3.05) is 53.0 Å². The molecule has 0 aliphatic heterocycles. The third-order valence-corrected chi connectivity index (χ3v) is 17.9. The Kier molecular flexibility index (Phi) is 23.0. The second-order valence-corrected chi connectivity index (χ2v) is 25.4. The number of anilines is 6. The number of benzene rings is 6. The van der Waals surface area contributed by atoms with E-state index in [2.05, 4.69) is 96.9 Å². The summed E-state index contributed by atoms with van der Waals surface area (Å²) >= 11 is 0. The third kappa shape index (κ3) is 16.1. The van der Waals surface area contributed by atoms with Gasteiger partial charge >= 0.3 is 0 Å². The fourth-order valence-corrected chi connectivity index (χ4v) is 12.9. The molecule has 564 valence electrons. The van der Waals surface area contributed by atoms with Crippen LogP contribution in [-0.2, 0) is 0 Å². The molecular formula is C84H72FN19O9. The van der Waals surface area contributed by atoms with Crippen LogP contribution in [0.1, 0.15) is 96.8 Å². The molecule has 0 aliphatic carbocycles. The Morgan fingerprint density at radius 2 is 0.929 bits per heavy atom. The lowest BCUT2D eigenvalue weighted by Gasteiger charge is -2.24. The number of nitrogens with zero attached hydrogens (tertiary/aromatic N) is 13. The Hall–Kier alpha value is -15.0. The van der Waals surface area contributed by atoms with Crippen LogP contribution in [0.5, 0.6) is 0 Å². The monoisotopic (exact) mass is 1510 g/mol. The molecule has 28 nitrogen and oxygen atoms in total. The van der Waals surface area contributed by atoms with Crippen molar-refractivity contribution in [1.82, 2.24) is 64.1 Å². The summed E-state index contributed by atoms with van der Waals surface area (Å²) in [4.78, 5) is 68.7. The summed E-state index contributed by atoms with van der Waals surface area (Å²) < 4.78 is 35.8. The summed E-state index contributed by atoms with van der Waals surface area (Å²) in [5, 5.41) is 55.9. The van der Waals surface area contributed by atoms with Gasteiger partial charge in [0.1, 0.15) is 65.6 Å². The summed E-state index contributed by atoms with van der Waals surface area (Å²) in [5.74, 6) is 19.0. The van der Waals surface area contributed by atoms with Gasteiger partial charge in [0.25, 0.3) is 34.3 Å². The van der Waals surface area contributed by atoms with Gasteiger partial charge in [-0.15, -0.1) is 10.2 Å². The van der Waals surface area contributed by atoms with Gasteiger partial charge in [-0.25, -0.2) is 24.3 Å². The van der Waals surface area contributed by atoms with Crippen LogP contribution in [0.25, 0.3) is 83.9 Å². The molecule has 15 aromatic rings. The van der Waals surface area contributed by atoms with E-state index in [-0.39, 0.29) is 70.6 Å². The first-order valence-corrected chi connectivity index (χ1v) is 35.4. The van der Waals surface area contributed by atoms with Crippen molar-refractivity contribution in [2.45, 2.75) is 66.1 Å². The zero-order valence-electron chi connectivity index (χ0n) is 61.7. The number of hydrogen-bond donors (Lipinski definition) is 9. The number of para-hydroxylation sites is 3. The van der Waals surface area contributed by atoms with Gasteiger partial charge in [-0.2, -0.15) is 9.97 Å². The van der Waals surface area contributed by atoms with Gasteiger partial charge in [-0.1, -0.05) is 132 Å². The normalized spacial score (nSPS) is 11.7. The molecule has 0 saturated heterocycles. The van der Waals surface area contributed by atoms with E-state index in [1.807, 2.05) is 117 Å². The standard InChI is InChI=1S/C29H26N6O3.C28H24N6O3.C27H22FN7O3/c1-3-23(33-27-26(22(30)14-15-31-27)28-32-18(2)34-38-28)24-17-20-10-7-9-19(11-8-16-36)25(20)29(37)35(24)21-12-5-4-6-13-21;1-17(31-26-25(22(29)13-14-30-26)27-33-32-18(2)37-27)23-16-20-9-6-8-19(10-7-15-35)24(20)28(36)34(23)21-11-4-3-5-12-21;1-15(31-24-23(20(29)12-13-30-24)26-32-16(2)34-38-26)25-33-21-11-10-19(28)18(9-6-14-36)22(21)27(37)35(25)17-7-4-3-5-8-17/h4-7,9-10,12-15,17,23,36H,3,16H2,1-2H3,(H3,30,31,33);3-6,8-9,11-14,16-17,35H,15H2,1-2H3,(H3,29,30,31);3-5,7-8,10-13,15,36H,14H2,1-2H3,(H3,29,30,31)/t23-;17-;15-/m000/s1. The molecule has 6 aromatic carbocycles. The number of nitrogen functional groups attached to an aromatic ring is 3. The summed E-state index contributed by atoms with van der Waals surface area (Å²) in [6, 6.07) is 48.9. The highest BCUT2D eigenvalue weighted by molar-refractivity contribution is 5.91. The molecule has 113 heavy (non-hydrogen) atoms. The first-order chi connectivity index (χ1) is 54.9. The Bertz CT molecular complexity index is 6410. The fraction of sp³-hybridized carbons (Fsp3) is 0.155. The molecule has 0 spiro atoms. The first kappa shape index (κ1) is 76.2. The van der Waals surface area contributed by atoms with Gasteiger partial charge < -0.3 is 61.9 Å². The van der Waals surface area contributed by atoms with Crippen molar-refractivity contribution in [3.05, 3.63) is 277 Å². The predicted molar refractivity (Wildman–Crippen MR) is 429 cm³/mol. The number of fused-ring (bicyclic) bond motifs is 3. The molecule has 0 aliphatic rings. The zero-order chi connectivity index (χ0) is 79.4. The van der Waals surface area contributed by atoms with Gasteiger partial charge in [-0.3, -0.25) is 28.1 Å². The number of aryl methyl sites for hydroxylation is 3. The largest absolute Gasteiger partial charge is 0.421 e. The molecule has 9 heterocycles. The average Bonchev–Trinajstić information content (AvgIpc) is 1.20. The number of aromatic nitrogens is 13. The van der Waals surface area contributed by atoms with E-state index < -0.39 is 24.0 Å². The van der Waals surface area contributed by atoms with E-state index in [1.54, 1.807) is 104 Å². The maximum atomic E-state index is 14.7. The molecule has 0 amide bonds. The van der Waals surface area contributed by atoms with Crippen LogP contribution in [0.2, 0.25) is 0 Å². The minimum absolute atomic E-state index is 0.00913. The van der Waals surface area contributed by atoms with Crippen LogP contribution in [0.3, 0.4) is 0 Å². The fourth-order valence-electron chi connectivity index (χ4n) is 12.9.